The number of hydrogen-bond acceptors (Lipinski definition) is 1. The molecule has 0 N–H and O–H groups in total. The second-order valence-corrected chi connectivity index (χ2v) is 8.65. The van der Waals surface area contributed by atoms with E-state index in [1.165, 1.54) is 37.9 Å². The van der Waals surface area contributed by atoms with Gasteiger partial charge in [0.25, 0.3) is 0 Å². The van der Waals surface area contributed by atoms with Gasteiger partial charge in [0.1, 0.15) is 6.07 Å². The Morgan fingerprint density at radius 2 is 0.939 bits per heavy atom. The predicted molar refractivity (Wildman–Crippen MR) is 140 cm³/mol. The maximum absolute atomic E-state index is 9.17. The van der Waals surface area contributed by atoms with Crippen LogP contribution in [-0.2, 0) is 0 Å². The van der Waals surface area contributed by atoms with Crippen LogP contribution in [0.5, 0.6) is 0 Å². The molecule has 0 aliphatic heterocycles. The molecule has 6 aromatic rings. The SMILES string of the molecule is N#Cc1ccc(-c2cccc(-c3ccc4c5ccccc5c5ccccc5c4c3)c2)cc1Cl. The molecule has 0 amide bonds. The van der Waals surface area contributed by atoms with Crippen molar-refractivity contribution in [2.24, 2.45) is 0 Å². The van der Waals surface area contributed by atoms with E-state index < -0.39 is 0 Å². The second-order valence-electron chi connectivity index (χ2n) is 8.24. The minimum Gasteiger partial charge on any atom is -0.192 e. The number of rotatable bonds is 2. The van der Waals surface area contributed by atoms with Crippen LogP contribution in [0.4, 0.5) is 0 Å². The monoisotopic (exact) mass is 439 g/mol. The fraction of sp³-hybridized carbons (Fsp3) is 0. The Kier molecular flexibility index (Phi) is 4.61. The zero-order valence-corrected chi connectivity index (χ0v) is 18.5. The molecule has 0 bridgehead atoms. The first-order valence-corrected chi connectivity index (χ1v) is 11.2. The van der Waals surface area contributed by atoms with E-state index in [1.807, 2.05) is 12.1 Å². The Hall–Kier alpha value is -4.12. The summed E-state index contributed by atoms with van der Waals surface area (Å²) in [7, 11) is 0. The summed E-state index contributed by atoms with van der Waals surface area (Å²) < 4.78 is 0. The summed E-state index contributed by atoms with van der Waals surface area (Å²) in [5.74, 6) is 0. The van der Waals surface area contributed by atoms with Crippen LogP contribution in [0.1, 0.15) is 5.56 Å². The van der Waals surface area contributed by atoms with Crippen LogP contribution in [0, 0.1) is 11.3 Å². The van der Waals surface area contributed by atoms with Gasteiger partial charge in [-0.25, -0.2) is 0 Å². The van der Waals surface area contributed by atoms with Crippen LogP contribution in [0.25, 0.3) is 54.6 Å². The molecule has 6 aromatic carbocycles. The maximum Gasteiger partial charge on any atom is 0.101 e. The zero-order valence-electron chi connectivity index (χ0n) is 17.7. The number of hydrogen-bond donors (Lipinski definition) is 0. The zero-order chi connectivity index (χ0) is 22.4. The van der Waals surface area contributed by atoms with Crippen LogP contribution in [-0.4, -0.2) is 0 Å². The van der Waals surface area contributed by atoms with E-state index in [9.17, 15) is 0 Å². The molecule has 154 valence electrons. The number of fused-ring (bicyclic) bond motifs is 6. The van der Waals surface area contributed by atoms with Crippen LogP contribution < -0.4 is 0 Å². The molecule has 6 rings (SSSR count). The van der Waals surface area contributed by atoms with Crippen LogP contribution in [0.2, 0.25) is 5.02 Å². The highest BCUT2D eigenvalue weighted by molar-refractivity contribution is 6.32. The predicted octanol–water partition coefficient (Wildman–Crippen LogP) is 9.01. The summed E-state index contributed by atoms with van der Waals surface area (Å²) in [5, 5.41) is 17.3. The summed E-state index contributed by atoms with van der Waals surface area (Å²) in [6.07, 6.45) is 0. The Morgan fingerprint density at radius 1 is 0.455 bits per heavy atom. The van der Waals surface area contributed by atoms with Gasteiger partial charge in [-0.15, -0.1) is 0 Å². The molecule has 0 saturated carbocycles. The van der Waals surface area contributed by atoms with E-state index in [-0.39, 0.29) is 0 Å². The lowest BCUT2D eigenvalue weighted by atomic mass is 9.91. The first-order valence-electron chi connectivity index (χ1n) is 10.9. The van der Waals surface area contributed by atoms with E-state index >= 15 is 0 Å². The van der Waals surface area contributed by atoms with Gasteiger partial charge in [0.2, 0.25) is 0 Å². The van der Waals surface area contributed by atoms with Crippen molar-refractivity contribution in [1.29, 1.82) is 5.26 Å². The Labute approximate surface area is 197 Å². The standard InChI is InChI=1S/C31H18ClN/c32-31-18-23(12-13-24(31)19-33)21-7-5-6-20(16-21)22-14-15-29-27-10-2-1-8-25(27)26-9-3-4-11-28(26)30(29)17-22/h1-18H. The van der Waals surface area contributed by atoms with Crippen molar-refractivity contribution in [1.82, 2.24) is 0 Å². The largest absolute Gasteiger partial charge is 0.192 e. The summed E-state index contributed by atoms with van der Waals surface area (Å²) >= 11 is 6.28. The van der Waals surface area contributed by atoms with E-state index in [1.54, 1.807) is 6.07 Å². The molecule has 33 heavy (non-hydrogen) atoms. The lowest BCUT2D eigenvalue weighted by Crippen LogP contribution is -1.86. The third kappa shape index (κ3) is 3.24. The van der Waals surface area contributed by atoms with Crippen LogP contribution in [0.15, 0.2) is 109 Å². The van der Waals surface area contributed by atoms with Crippen molar-refractivity contribution in [3.05, 3.63) is 120 Å². The molecule has 0 aromatic heterocycles. The molecular formula is C31H18ClN. The van der Waals surface area contributed by atoms with Gasteiger partial charge in [-0.3, -0.25) is 0 Å². The molecule has 0 saturated heterocycles. The smallest absolute Gasteiger partial charge is 0.101 e. The molecule has 0 aliphatic carbocycles. The molecule has 0 atom stereocenters. The molecule has 0 spiro atoms. The van der Waals surface area contributed by atoms with Gasteiger partial charge in [0.15, 0.2) is 0 Å². The Morgan fingerprint density at radius 3 is 1.52 bits per heavy atom. The van der Waals surface area contributed by atoms with Crippen molar-refractivity contribution < 1.29 is 0 Å². The molecule has 0 radical (unpaired) electrons. The van der Waals surface area contributed by atoms with E-state index in [4.69, 9.17) is 16.9 Å². The summed E-state index contributed by atoms with van der Waals surface area (Å²) in [6, 6.07) is 40.2. The number of benzene rings is 6. The first kappa shape index (κ1) is 19.6. The summed E-state index contributed by atoms with van der Waals surface area (Å²) in [5.41, 5.74) is 4.88. The van der Waals surface area contributed by atoms with Crippen LogP contribution >= 0.6 is 11.6 Å². The molecule has 0 aliphatic rings. The topological polar surface area (TPSA) is 23.8 Å². The molecule has 0 unspecified atom stereocenters. The van der Waals surface area contributed by atoms with Crippen molar-refractivity contribution in [3.63, 3.8) is 0 Å². The summed E-state index contributed by atoms with van der Waals surface area (Å²) in [6.45, 7) is 0. The number of halogens is 1. The lowest BCUT2D eigenvalue weighted by Gasteiger charge is -2.12. The highest BCUT2D eigenvalue weighted by Crippen LogP contribution is 2.37. The minimum atomic E-state index is 0.476. The highest BCUT2D eigenvalue weighted by atomic mass is 35.5. The van der Waals surface area contributed by atoms with Crippen molar-refractivity contribution in [3.8, 4) is 28.3 Å². The van der Waals surface area contributed by atoms with Crippen molar-refractivity contribution in [2.75, 3.05) is 0 Å². The van der Waals surface area contributed by atoms with E-state index in [0.29, 0.717) is 10.6 Å². The quantitative estimate of drug-likeness (QED) is 0.247. The second kappa shape index (κ2) is 7.78. The fourth-order valence-electron chi connectivity index (χ4n) is 4.75. The third-order valence-electron chi connectivity index (χ3n) is 6.36. The molecular weight excluding hydrogens is 422 g/mol. The van der Waals surface area contributed by atoms with Gasteiger partial charge in [-0.2, -0.15) is 5.26 Å². The van der Waals surface area contributed by atoms with Gasteiger partial charge >= 0.3 is 0 Å². The lowest BCUT2D eigenvalue weighted by molar-refractivity contribution is 1.48. The molecule has 0 heterocycles. The Bertz CT molecular complexity index is 1710. The van der Waals surface area contributed by atoms with Gasteiger partial charge in [-0.1, -0.05) is 96.5 Å². The number of nitriles is 1. The third-order valence-corrected chi connectivity index (χ3v) is 6.68. The van der Waals surface area contributed by atoms with Crippen molar-refractivity contribution in [2.45, 2.75) is 0 Å². The normalized spacial score (nSPS) is 11.2. The Balaban J connectivity index is 1.55. The maximum atomic E-state index is 9.17. The first-order chi connectivity index (χ1) is 16.2. The highest BCUT2D eigenvalue weighted by Gasteiger charge is 2.10. The average Bonchev–Trinajstić information content (AvgIpc) is 2.88. The van der Waals surface area contributed by atoms with Gasteiger partial charge in [0.05, 0.1) is 10.6 Å². The van der Waals surface area contributed by atoms with E-state index in [0.717, 1.165) is 16.7 Å². The van der Waals surface area contributed by atoms with Crippen LogP contribution in [0.3, 0.4) is 0 Å². The van der Waals surface area contributed by atoms with Gasteiger partial charge in [0, 0.05) is 0 Å². The fourth-order valence-corrected chi connectivity index (χ4v) is 4.97. The molecule has 0 fully saturated rings. The van der Waals surface area contributed by atoms with E-state index in [2.05, 4.69) is 97.1 Å². The molecule has 1 nitrogen and oxygen atoms in total. The van der Waals surface area contributed by atoms with Crippen molar-refractivity contribution >= 4 is 43.9 Å². The average molecular weight is 440 g/mol. The van der Waals surface area contributed by atoms with Gasteiger partial charge < -0.3 is 0 Å². The summed E-state index contributed by atoms with van der Waals surface area (Å²) in [4.78, 5) is 0. The van der Waals surface area contributed by atoms with Gasteiger partial charge in [-0.05, 0) is 78.8 Å². The minimum absolute atomic E-state index is 0.476. The molecule has 2 heteroatoms. The number of nitrogens with zero attached hydrogens (tertiary/aromatic N) is 1.